The van der Waals surface area contributed by atoms with Gasteiger partial charge in [-0.3, -0.25) is 0 Å². The van der Waals surface area contributed by atoms with Crippen LogP contribution < -0.4 is 5.73 Å². The van der Waals surface area contributed by atoms with Crippen LogP contribution in [0.3, 0.4) is 0 Å². The normalized spacial score (nSPS) is 13.3. The molecule has 0 aliphatic carbocycles. The Bertz CT molecular complexity index is 422. The molecule has 0 aliphatic heterocycles. The standard InChI is InChI=1S/C11H14N2O/c1-14-7-10(12)8-2-3-11-9(6-8)4-5-13-11/h2-6,10,13H,7,12H2,1H3. The lowest BCUT2D eigenvalue weighted by Crippen LogP contribution is -2.15. The average molecular weight is 190 g/mol. The molecule has 1 atom stereocenters. The van der Waals surface area contributed by atoms with Crippen LogP contribution in [0.15, 0.2) is 30.5 Å². The molecule has 2 rings (SSSR count). The first-order valence-corrected chi connectivity index (χ1v) is 4.63. The summed E-state index contributed by atoms with van der Waals surface area (Å²) in [4.78, 5) is 3.15. The molecular formula is C11H14N2O. The Labute approximate surface area is 82.9 Å². The monoisotopic (exact) mass is 190 g/mol. The van der Waals surface area contributed by atoms with Crippen LogP contribution in [0.4, 0.5) is 0 Å². The average Bonchev–Trinajstić information content (AvgIpc) is 2.64. The second-order valence-electron chi connectivity index (χ2n) is 3.39. The van der Waals surface area contributed by atoms with Gasteiger partial charge in [-0.1, -0.05) is 6.07 Å². The van der Waals surface area contributed by atoms with Gasteiger partial charge < -0.3 is 15.5 Å². The van der Waals surface area contributed by atoms with Gasteiger partial charge >= 0.3 is 0 Å². The minimum atomic E-state index is -0.0423. The fourth-order valence-corrected chi connectivity index (χ4v) is 1.58. The summed E-state index contributed by atoms with van der Waals surface area (Å²) in [7, 11) is 1.66. The molecule has 0 radical (unpaired) electrons. The van der Waals surface area contributed by atoms with E-state index in [2.05, 4.69) is 11.1 Å². The van der Waals surface area contributed by atoms with Crippen molar-refractivity contribution in [2.75, 3.05) is 13.7 Å². The van der Waals surface area contributed by atoms with E-state index in [0.717, 1.165) is 11.1 Å². The van der Waals surface area contributed by atoms with Crippen molar-refractivity contribution < 1.29 is 4.74 Å². The molecule has 0 spiro atoms. The minimum absolute atomic E-state index is 0.0423. The first kappa shape index (κ1) is 9.24. The third-order valence-electron chi connectivity index (χ3n) is 2.35. The van der Waals surface area contributed by atoms with Crippen LogP contribution in [0.2, 0.25) is 0 Å². The molecule has 0 saturated heterocycles. The van der Waals surface area contributed by atoms with Gasteiger partial charge in [0.15, 0.2) is 0 Å². The number of benzene rings is 1. The summed E-state index contributed by atoms with van der Waals surface area (Å²) in [6, 6.07) is 8.16. The van der Waals surface area contributed by atoms with Gasteiger partial charge in [-0.25, -0.2) is 0 Å². The molecule has 0 amide bonds. The number of nitrogens with two attached hydrogens (primary N) is 1. The van der Waals surface area contributed by atoms with Gasteiger partial charge in [-0.05, 0) is 29.1 Å². The molecule has 1 heterocycles. The van der Waals surface area contributed by atoms with Crippen LogP contribution in [0, 0.1) is 0 Å². The predicted octanol–water partition coefficient (Wildman–Crippen LogP) is 1.81. The molecular weight excluding hydrogens is 176 g/mol. The number of nitrogens with one attached hydrogen (secondary N) is 1. The zero-order chi connectivity index (χ0) is 9.97. The van der Waals surface area contributed by atoms with Crippen LogP contribution in [-0.2, 0) is 4.74 Å². The van der Waals surface area contributed by atoms with E-state index in [0.29, 0.717) is 6.61 Å². The van der Waals surface area contributed by atoms with Gasteiger partial charge in [0.2, 0.25) is 0 Å². The van der Waals surface area contributed by atoms with Gasteiger partial charge in [0, 0.05) is 18.8 Å². The highest BCUT2D eigenvalue weighted by Gasteiger charge is 2.05. The van der Waals surface area contributed by atoms with Crippen LogP contribution >= 0.6 is 0 Å². The molecule has 0 aliphatic rings. The maximum Gasteiger partial charge on any atom is 0.0655 e. The molecule has 3 heteroatoms. The summed E-state index contributed by atoms with van der Waals surface area (Å²) in [6.07, 6.45) is 1.93. The lowest BCUT2D eigenvalue weighted by molar-refractivity contribution is 0.181. The van der Waals surface area contributed by atoms with E-state index in [1.165, 1.54) is 5.39 Å². The van der Waals surface area contributed by atoms with Gasteiger partial charge in [0.25, 0.3) is 0 Å². The summed E-state index contributed by atoms with van der Waals surface area (Å²) < 4.78 is 5.02. The number of hydrogen-bond acceptors (Lipinski definition) is 2. The first-order valence-electron chi connectivity index (χ1n) is 4.63. The quantitative estimate of drug-likeness (QED) is 0.775. The highest BCUT2D eigenvalue weighted by molar-refractivity contribution is 5.80. The van der Waals surface area contributed by atoms with Crippen molar-refractivity contribution in [3.05, 3.63) is 36.0 Å². The van der Waals surface area contributed by atoms with Crippen LogP contribution in [0.25, 0.3) is 10.9 Å². The van der Waals surface area contributed by atoms with E-state index in [1.807, 2.05) is 24.4 Å². The molecule has 14 heavy (non-hydrogen) atoms. The van der Waals surface area contributed by atoms with Crippen molar-refractivity contribution in [2.24, 2.45) is 5.73 Å². The molecule has 74 valence electrons. The van der Waals surface area contributed by atoms with E-state index in [9.17, 15) is 0 Å². The van der Waals surface area contributed by atoms with Gasteiger partial charge in [-0.15, -0.1) is 0 Å². The molecule has 0 saturated carbocycles. The van der Waals surface area contributed by atoms with E-state index >= 15 is 0 Å². The molecule has 1 aromatic carbocycles. The van der Waals surface area contributed by atoms with Gasteiger partial charge in [-0.2, -0.15) is 0 Å². The fourth-order valence-electron chi connectivity index (χ4n) is 1.58. The number of fused-ring (bicyclic) bond motifs is 1. The summed E-state index contributed by atoms with van der Waals surface area (Å²) in [5.41, 5.74) is 8.18. The maximum absolute atomic E-state index is 5.93. The van der Waals surface area contributed by atoms with E-state index in [4.69, 9.17) is 10.5 Å². The number of H-pyrrole nitrogens is 1. The van der Waals surface area contributed by atoms with Crippen molar-refractivity contribution in [3.8, 4) is 0 Å². The number of aromatic amines is 1. The molecule has 0 bridgehead atoms. The first-order chi connectivity index (χ1) is 6.81. The maximum atomic E-state index is 5.93. The van der Waals surface area contributed by atoms with Crippen molar-refractivity contribution in [1.82, 2.24) is 4.98 Å². The highest BCUT2D eigenvalue weighted by Crippen LogP contribution is 2.18. The van der Waals surface area contributed by atoms with Gasteiger partial charge in [0.05, 0.1) is 12.6 Å². The van der Waals surface area contributed by atoms with Gasteiger partial charge in [0.1, 0.15) is 0 Å². The lowest BCUT2D eigenvalue weighted by atomic mass is 10.1. The number of methoxy groups -OCH3 is 1. The molecule has 3 N–H and O–H groups in total. The number of ether oxygens (including phenoxy) is 1. The van der Waals surface area contributed by atoms with Crippen LogP contribution in [0.1, 0.15) is 11.6 Å². The smallest absolute Gasteiger partial charge is 0.0655 e. The number of aromatic nitrogens is 1. The zero-order valence-corrected chi connectivity index (χ0v) is 8.16. The molecule has 1 aromatic heterocycles. The van der Waals surface area contributed by atoms with Crippen molar-refractivity contribution in [2.45, 2.75) is 6.04 Å². The summed E-state index contributed by atoms with van der Waals surface area (Å²) in [6.45, 7) is 0.552. The van der Waals surface area contributed by atoms with E-state index < -0.39 is 0 Å². The summed E-state index contributed by atoms with van der Waals surface area (Å²) in [5.74, 6) is 0. The number of rotatable bonds is 3. The summed E-state index contributed by atoms with van der Waals surface area (Å²) in [5, 5.41) is 1.19. The molecule has 3 nitrogen and oxygen atoms in total. The molecule has 1 unspecified atom stereocenters. The Morgan fingerprint density at radius 1 is 1.43 bits per heavy atom. The number of hydrogen-bond donors (Lipinski definition) is 2. The molecule has 0 fully saturated rings. The Morgan fingerprint density at radius 2 is 2.29 bits per heavy atom. The zero-order valence-electron chi connectivity index (χ0n) is 8.16. The highest BCUT2D eigenvalue weighted by atomic mass is 16.5. The van der Waals surface area contributed by atoms with E-state index in [1.54, 1.807) is 7.11 Å². The third kappa shape index (κ3) is 1.64. The Hall–Kier alpha value is -1.32. The lowest BCUT2D eigenvalue weighted by Gasteiger charge is -2.10. The Morgan fingerprint density at radius 3 is 3.07 bits per heavy atom. The van der Waals surface area contributed by atoms with Crippen molar-refractivity contribution in [3.63, 3.8) is 0 Å². The second-order valence-corrected chi connectivity index (χ2v) is 3.39. The largest absolute Gasteiger partial charge is 0.383 e. The topological polar surface area (TPSA) is 51.0 Å². The Balaban J connectivity index is 2.33. The third-order valence-corrected chi connectivity index (χ3v) is 2.35. The Kier molecular flexibility index (Phi) is 2.52. The van der Waals surface area contributed by atoms with E-state index in [-0.39, 0.29) is 6.04 Å². The summed E-state index contributed by atoms with van der Waals surface area (Å²) >= 11 is 0. The SMILES string of the molecule is COCC(N)c1ccc2[nH]ccc2c1. The predicted molar refractivity (Wildman–Crippen MR) is 57.1 cm³/mol. The van der Waals surface area contributed by atoms with Crippen molar-refractivity contribution >= 4 is 10.9 Å². The fraction of sp³-hybridized carbons (Fsp3) is 0.273. The second kappa shape index (κ2) is 3.82. The van der Waals surface area contributed by atoms with Crippen LogP contribution in [-0.4, -0.2) is 18.7 Å². The minimum Gasteiger partial charge on any atom is -0.383 e. The van der Waals surface area contributed by atoms with Crippen molar-refractivity contribution in [1.29, 1.82) is 0 Å². The molecule has 2 aromatic rings. The van der Waals surface area contributed by atoms with Crippen LogP contribution in [0.5, 0.6) is 0 Å².